The molecule has 1 rings (SSSR count). The van der Waals surface area contributed by atoms with Gasteiger partial charge in [0.25, 0.3) is 0 Å². The van der Waals surface area contributed by atoms with E-state index in [1.54, 1.807) is 19.1 Å². The maximum Gasteiger partial charge on any atom is 0.338 e. The molecule has 3 heteroatoms. The summed E-state index contributed by atoms with van der Waals surface area (Å²) < 4.78 is 4.94. The van der Waals surface area contributed by atoms with Gasteiger partial charge in [-0.1, -0.05) is 6.07 Å². The van der Waals surface area contributed by atoms with Crippen molar-refractivity contribution in [1.29, 1.82) is 5.26 Å². The molecule has 16 heavy (non-hydrogen) atoms. The fourth-order valence-electron chi connectivity index (χ4n) is 1.54. The zero-order valence-corrected chi connectivity index (χ0v) is 9.62. The minimum absolute atomic E-state index is 0.301. The first-order chi connectivity index (χ1) is 7.67. The van der Waals surface area contributed by atoms with Crippen LogP contribution >= 0.6 is 0 Å². The molecule has 0 saturated heterocycles. The topological polar surface area (TPSA) is 50.1 Å². The van der Waals surface area contributed by atoms with Crippen LogP contribution in [-0.4, -0.2) is 12.6 Å². The number of carbonyl (C=O) groups is 1. The van der Waals surface area contributed by atoms with Crippen LogP contribution in [-0.2, 0) is 11.2 Å². The molecule has 0 aromatic heterocycles. The van der Waals surface area contributed by atoms with E-state index in [9.17, 15) is 4.79 Å². The third-order valence-corrected chi connectivity index (χ3v) is 2.17. The average molecular weight is 217 g/mol. The smallest absolute Gasteiger partial charge is 0.338 e. The number of nitrogens with zero attached hydrogens (tertiary/aromatic N) is 1. The molecule has 0 aliphatic carbocycles. The van der Waals surface area contributed by atoms with Gasteiger partial charge in [0.2, 0.25) is 0 Å². The Morgan fingerprint density at radius 2 is 2.19 bits per heavy atom. The van der Waals surface area contributed by atoms with Gasteiger partial charge in [-0.3, -0.25) is 0 Å². The predicted molar refractivity (Wildman–Crippen MR) is 61.1 cm³/mol. The van der Waals surface area contributed by atoms with Crippen molar-refractivity contribution in [1.82, 2.24) is 0 Å². The van der Waals surface area contributed by atoms with Crippen LogP contribution in [0.25, 0.3) is 0 Å². The molecule has 0 spiro atoms. The molecular weight excluding hydrogens is 202 g/mol. The molecule has 0 fully saturated rings. The molecule has 0 saturated carbocycles. The molecule has 0 unspecified atom stereocenters. The number of ether oxygens (including phenoxy) is 1. The van der Waals surface area contributed by atoms with Gasteiger partial charge in [-0.05, 0) is 43.5 Å². The first-order valence-corrected chi connectivity index (χ1v) is 5.32. The van der Waals surface area contributed by atoms with E-state index in [0.29, 0.717) is 25.0 Å². The summed E-state index contributed by atoms with van der Waals surface area (Å²) in [6, 6.07) is 7.67. The highest BCUT2D eigenvalue weighted by atomic mass is 16.5. The Morgan fingerprint density at radius 1 is 1.44 bits per heavy atom. The number of hydrogen-bond donors (Lipinski definition) is 0. The van der Waals surface area contributed by atoms with Crippen molar-refractivity contribution in [2.24, 2.45) is 0 Å². The van der Waals surface area contributed by atoms with Crippen LogP contribution in [0.3, 0.4) is 0 Å². The van der Waals surface area contributed by atoms with E-state index in [2.05, 4.69) is 6.07 Å². The fraction of sp³-hybridized carbons (Fsp3) is 0.385. The van der Waals surface area contributed by atoms with Crippen LogP contribution in [0.4, 0.5) is 0 Å². The highest BCUT2D eigenvalue weighted by molar-refractivity contribution is 5.89. The molecule has 1 aromatic rings. The lowest BCUT2D eigenvalue weighted by molar-refractivity contribution is 0.0526. The van der Waals surface area contributed by atoms with Crippen LogP contribution in [0.2, 0.25) is 0 Å². The SMILES string of the molecule is CCOC(=O)c1cc(C)cc(CCC#N)c1. The van der Waals surface area contributed by atoms with Gasteiger partial charge in [0.15, 0.2) is 0 Å². The summed E-state index contributed by atoms with van der Waals surface area (Å²) in [5.74, 6) is -0.301. The standard InChI is InChI=1S/C13H15NO2/c1-3-16-13(15)12-8-10(2)7-11(9-12)5-4-6-14/h7-9H,3-5H2,1-2H3. The molecular formula is C13H15NO2. The van der Waals surface area contributed by atoms with E-state index >= 15 is 0 Å². The quantitative estimate of drug-likeness (QED) is 0.728. The van der Waals surface area contributed by atoms with Gasteiger partial charge >= 0.3 is 5.97 Å². The Balaban J connectivity index is 2.90. The molecule has 0 N–H and O–H groups in total. The lowest BCUT2D eigenvalue weighted by atomic mass is 10.0. The lowest BCUT2D eigenvalue weighted by Crippen LogP contribution is -2.05. The highest BCUT2D eigenvalue weighted by Gasteiger charge is 2.08. The van der Waals surface area contributed by atoms with E-state index in [-0.39, 0.29) is 5.97 Å². The minimum atomic E-state index is -0.301. The second-order valence-corrected chi connectivity index (χ2v) is 3.59. The second-order valence-electron chi connectivity index (χ2n) is 3.59. The summed E-state index contributed by atoms with van der Waals surface area (Å²) in [5.41, 5.74) is 2.58. The van der Waals surface area contributed by atoms with Crippen molar-refractivity contribution < 1.29 is 9.53 Å². The third kappa shape index (κ3) is 3.39. The number of nitriles is 1. The van der Waals surface area contributed by atoms with Crippen molar-refractivity contribution in [3.63, 3.8) is 0 Å². The average Bonchev–Trinajstić information content (AvgIpc) is 2.26. The van der Waals surface area contributed by atoms with Crippen LogP contribution in [0, 0.1) is 18.3 Å². The zero-order valence-electron chi connectivity index (χ0n) is 9.62. The van der Waals surface area contributed by atoms with Gasteiger partial charge < -0.3 is 4.74 Å². The number of carbonyl (C=O) groups excluding carboxylic acids is 1. The molecule has 0 aliphatic heterocycles. The van der Waals surface area contributed by atoms with Gasteiger partial charge in [0, 0.05) is 6.42 Å². The van der Waals surface area contributed by atoms with Crippen LogP contribution in [0.1, 0.15) is 34.8 Å². The van der Waals surface area contributed by atoms with E-state index in [1.165, 1.54) is 0 Å². The van der Waals surface area contributed by atoms with Crippen molar-refractivity contribution in [2.45, 2.75) is 26.7 Å². The number of hydrogen-bond acceptors (Lipinski definition) is 3. The molecule has 1 aromatic carbocycles. The molecule has 0 atom stereocenters. The predicted octanol–water partition coefficient (Wildman–Crippen LogP) is 2.63. The Hall–Kier alpha value is -1.82. The number of esters is 1. The Bertz CT molecular complexity index is 418. The molecule has 0 bridgehead atoms. The van der Waals surface area contributed by atoms with Crippen LogP contribution in [0.5, 0.6) is 0 Å². The van der Waals surface area contributed by atoms with Crippen molar-refractivity contribution in [3.8, 4) is 6.07 Å². The van der Waals surface area contributed by atoms with Gasteiger partial charge in [-0.15, -0.1) is 0 Å². The van der Waals surface area contributed by atoms with E-state index in [1.807, 2.05) is 13.0 Å². The Labute approximate surface area is 95.7 Å². The third-order valence-electron chi connectivity index (χ3n) is 2.17. The molecule has 0 amide bonds. The summed E-state index contributed by atoms with van der Waals surface area (Å²) in [6.45, 7) is 4.09. The van der Waals surface area contributed by atoms with Crippen LogP contribution in [0.15, 0.2) is 18.2 Å². The number of aryl methyl sites for hydroxylation is 2. The minimum Gasteiger partial charge on any atom is -0.462 e. The normalized spacial score (nSPS) is 9.56. The van der Waals surface area contributed by atoms with Crippen molar-refractivity contribution in [2.75, 3.05) is 6.61 Å². The highest BCUT2D eigenvalue weighted by Crippen LogP contribution is 2.12. The summed E-state index contributed by atoms with van der Waals surface area (Å²) in [5, 5.41) is 8.52. The molecule has 0 radical (unpaired) electrons. The fourth-order valence-corrected chi connectivity index (χ4v) is 1.54. The Kier molecular flexibility index (Phi) is 4.53. The van der Waals surface area contributed by atoms with Gasteiger partial charge in [-0.25, -0.2) is 4.79 Å². The van der Waals surface area contributed by atoms with E-state index in [4.69, 9.17) is 10.00 Å². The van der Waals surface area contributed by atoms with Gasteiger partial charge in [-0.2, -0.15) is 5.26 Å². The second kappa shape index (κ2) is 5.92. The first kappa shape index (κ1) is 12.3. The largest absolute Gasteiger partial charge is 0.462 e. The van der Waals surface area contributed by atoms with E-state index < -0.39 is 0 Å². The monoisotopic (exact) mass is 217 g/mol. The van der Waals surface area contributed by atoms with Crippen LogP contribution < -0.4 is 0 Å². The molecule has 84 valence electrons. The number of benzene rings is 1. The summed E-state index contributed by atoms with van der Waals surface area (Å²) >= 11 is 0. The molecule has 0 heterocycles. The Morgan fingerprint density at radius 3 is 2.81 bits per heavy atom. The lowest BCUT2D eigenvalue weighted by Gasteiger charge is -2.06. The van der Waals surface area contributed by atoms with Gasteiger partial charge in [0.05, 0.1) is 18.2 Å². The summed E-state index contributed by atoms with van der Waals surface area (Å²) in [6.07, 6.45) is 1.14. The maximum atomic E-state index is 11.5. The zero-order chi connectivity index (χ0) is 12.0. The first-order valence-electron chi connectivity index (χ1n) is 5.32. The van der Waals surface area contributed by atoms with Gasteiger partial charge in [0.1, 0.15) is 0 Å². The molecule has 3 nitrogen and oxygen atoms in total. The molecule has 0 aliphatic rings. The summed E-state index contributed by atoms with van der Waals surface area (Å²) in [7, 11) is 0. The van der Waals surface area contributed by atoms with Crippen molar-refractivity contribution in [3.05, 3.63) is 34.9 Å². The maximum absolute atomic E-state index is 11.5. The number of rotatable bonds is 4. The summed E-state index contributed by atoms with van der Waals surface area (Å²) in [4.78, 5) is 11.5. The van der Waals surface area contributed by atoms with E-state index in [0.717, 1.165) is 11.1 Å². The van der Waals surface area contributed by atoms with Crippen molar-refractivity contribution >= 4 is 5.97 Å².